The first-order valence-corrected chi connectivity index (χ1v) is 7.76. The maximum Gasteiger partial charge on any atom is 0.0261 e. The van der Waals surface area contributed by atoms with Crippen LogP contribution in [0.15, 0.2) is 0 Å². The summed E-state index contributed by atoms with van der Waals surface area (Å²) in [5.41, 5.74) is 0. The standard InChI is InChI=1S/C15H31N3/c1-17(2)12-13-9-10-16-11-15(13)18(3)14-7-5-4-6-8-14/h13-16H,4-12H2,1-3H3. The van der Waals surface area contributed by atoms with Gasteiger partial charge < -0.3 is 10.2 Å². The number of hydrogen-bond donors (Lipinski definition) is 1. The van der Waals surface area contributed by atoms with E-state index in [1.807, 2.05) is 0 Å². The molecule has 0 aromatic heterocycles. The monoisotopic (exact) mass is 253 g/mol. The van der Waals surface area contributed by atoms with E-state index in [1.54, 1.807) is 0 Å². The van der Waals surface area contributed by atoms with Crippen LogP contribution in [0.4, 0.5) is 0 Å². The van der Waals surface area contributed by atoms with Gasteiger partial charge in [-0.15, -0.1) is 0 Å². The van der Waals surface area contributed by atoms with Crippen LogP contribution < -0.4 is 5.32 Å². The van der Waals surface area contributed by atoms with Gasteiger partial charge in [0, 0.05) is 25.2 Å². The molecule has 1 aliphatic carbocycles. The molecule has 3 heteroatoms. The van der Waals surface area contributed by atoms with Gasteiger partial charge in [-0.05, 0) is 52.9 Å². The molecule has 2 unspecified atom stereocenters. The van der Waals surface area contributed by atoms with Gasteiger partial charge in [-0.1, -0.05) is 19.3 Å². The molecule has 0 spiro atoms. The van der Waals surface area contributed by atoms with Crippen LogP contribution in [0, 0.1) is 5.92 Å². The minimum atomic E-state index is 0.740. The van der Waals surface area contributed by atoms with Gasteiger partial charge in [0.1, 0.15) is 0 Å². The van der Waals surface area contributed by atoms with Crippen molar-refractivity contribution >= 4 is 0 Å². The lowest BCUT2D eigenvalue weighted by molar-refractivity contribution is 0.0682. The van der Waals surface area contributed by atoms with E-state index in [9.17, 15) is 0 Å². The predicted molar refractivity (Wildman–Crippen MR) is 78.0 cm³/mol. The minimum absolute atomic E-state index is 0.740. The van der Waals surface area contributed by atoms with E-state index in [2.05, 4.69) is 36.3 Å². The Morgan fingerprint density at radius 2 is 1.72 bits per heavy atom. The molecule has 106 valence electrons. The highest BCUT2D eigenvalue weighted by Gasteiger charge is 2.32. The Hall–Kier alpha value is -0.120. The van der Waals surface area contributed by atoms with Gasteiger partial charge in [0.15, 0.2) is 0 Å². The normalized spacial score (nSPS) is 31.2. The Kier molecular flexibility index (Phi) is 5.46. The van der Waals surface area contributed by atoms with Gasteiger partial charge in [-0.25, -0.2) is 0 Å². The highest BCUT2D eigenvalue weighted by Crippen LogP contribution is 2.27. The zero-order valence-corrected chi connectivity index (χ0v) is 12.5. The third-order valence-electron chi connectivity index (χ3n) is 4.86. The van der Waals surface area contributed by atoms with Crippen LogP contribution in [-0.2, 0) is 0 Å². The molecule has 1 saturated heterocycles. The maximum atomic E-state index is 3.60. The molecule has 2 aliphatic rings. The lowest BCUT2D eigenvalue weighted by Crippen LogP contribution is -2.55. The zero-order valence-electron chi connectivity index (χ0n) is 12.5. The molecule has 1 saturated carbocycles. The Morgan fingerprint density at radius 1 is 1.00 bits per heavy atom. The van der Waals surface area contributed by atoms with Gasteiger partial charge in [-0.2, -0.15) is 0 Å². The van der Waals surface area contributed by atoms with Crippen LogP contribution in [0.3, 0.4) is 0 Å². The third kappa shape index (κ3) is 3.69. The molecular formula is C15H31N3. The summed E-state index contributed by atoms with van der Waals surface area (Å²) in [5, 5.41) is 3.60. The summed E-state index contributed by atoms with van der Waals surface area (Å²) in [5.74, 6) is 0.841. The molecule has 2 fully saturated rings. The van der Waals surface area contributed by atoms with Crippen LogP contribution in [0.2, 0.25) is 0 Å². The molecule has 2 atom stereocenters. The second-order valence-electron chi connectivity index (χ2n) is 6.54. The molecule has 0 aromatic rings. The lowest BCUT2D eigenvalue weighted by atomic mass is 9.87. The number of hydrogen-bond acceptors (Lipinski definition) is 3. The summed E-state index contributed by atoms with van der Waals surface area (Å²) in [6.45, 7) is 3.63. The fourth-order valence-electron chi connectivity index (χ4n) is 3.81. The van der Waals surface area contributed by atoms with E-state index in [0.29, 0.717) is 0 Å². The van der Waals surface area contributed by atoms with Crippen molar-refractivity contribution in [2.45, 2.75) is 50.6 Å². The average Bonchev–Trinajstić information content (AvgIpc) is 2.39. The van der Waals surface area contributed by atoms with Gasteiger partial charge in [0.25, 0.3) is 0 Å². The van der Waals surface area contributed by atoms with Crippen molar-refractivity contribution in [2.24, 2.45) is 5.92 Å². The summed E-state index contributed by atoms with van der Waals surface area (Å²) in [7, 11) is 6.79. The zero-order chi connectivity index (χ0) is 13.0. The Bertz CT molecular complexity index is 236. The summed E-state index contributed by atoms with van der Waals surface area (Å²) >= 11 is 0. The number of rotatable bonds is 4. The molecule has 1 heterocycles. The van der Waals surface area contributed by atoms with Crippen LogP contribution in [-0.4, -0.2) is 62.7 Å². The molecule has 1 N–H and O–H groups in total. The van der Waals surface area contributed by atoms with Crippen LogP contribution in [0.1, 0.15) is 38.5 Å². The van der Waals surface area contributed by atoms with Crippen molar-refractivity contribution in [3.8, 4) is 0 Å². The smallest absolute Gasteiger partial charge is 0.0261 e. The SMILES string of the molecule is CN(C)CC1CCNCC1N(C)C1CCCCC1. The first-order chi connectivity index (χ1) is 8.68. The summed E-state index contributed by atoms with van der Waals surface area (Å²) in [6.07, 6.45) is 8.50. The molecule has 0 amide bonds. The van der Waals surface area contributed by atoms with Crippen molar-refractivity contribution < 1.29 is 0 Å². The van der Waals surface area contributed by atoms with Gasteiger partial charge in [0.05, 0.1) is 0 Å². The maximum absolute atomic E-state index is 3.60. The Labute approximate surface area is 113 Å². The largest absolute Gasteiger partial charge is 0.315 e. The topological polar surface area (TPSA) is 18.5 Å². The second-order valence-corrected chi connectivity index (χ2v) is 6.54. The highest BCUT2D eigenvalue weighted by molar-refractivity contribution is 4.89. The lowest BCUT2D eigenvalue weighted by Gasteiger charge is -2.44. The molecule has 0 radical (unpaired) electrons. The second kappa shape index (κ2) is 6.88. The Balaban J connectivity index is 1.93. The fourth-order valence-corrected chi connectivity index (χ4v) is 3.81. The van der Waals surface area contributed by atoms with Gasteiger partial charge in [0.2, 0.25) is 0 Å². The fraction of sp³-hybridized carbons (Fsp3) is 1.00. The van der Waals surface area contributed by atoms with Crippen LogP contribution in [0.25, 0.3) is 0 Å². The number of nitrogens with one attached hydrogen (secondary N) is 1. The minimum Gasteiger partial charge on any atom is -0.315 e. The first-order valence-electron chi connectivity index (χ1n) is 7.76. The van der Waals surface area contributed by atoms with Crippen LogP contribution in [0.5, 0.6) is 0 Å². The number of nitrogens with zero attached hydrogens (tertiary/aromatic N) is 2. The average molecular weight is 253 g/mol. The summed E-state index contributed by atoms with van der Waals surface area (Å²) in [6, 6.07) is 1.58. The predicted octanol–water partition coefficient (Wildman–Crippen LogP) is 1.79. The molecular weight excluding hydrogens is 222 g/mol. The Morgan fingerprint density at radius 3 is 2.39 bits per heavy atom. The van der Waals surface area contributed by atoms with E-state index in [4.69, 9.17) is 0 Å². The van der Waals surface area contributed by atoms with E-state index in [0.717, 1.165) is 18.0 Å². The molecule has 0 aromatic carbocycles. The molecule has 18 heavy (non-hydrogen) atoms. The van der Waals surface area contributed by atoms with Crippen molar-refractivity contribution in [1.82, 2.24) is 15.1 Å². The van der Waals surface area contributed by atoms with Crippen LogP contribution >= 0.6 is 0 Å². The third-order valence-corrected chi connectivity index (χ3v) is 4.86. The molecule has 3 nitrogen and oxygen atoms in total. The van der Waals surface area contributed by atoms with Crippen molar-refractivity contribution in [2.75, 3.05) is 40.8 Å². The van der Waals surface area contributed by atoms with E-state index in [1.165, 1.54) is 58.2 Å². The van der Waals surface area contributed by atoms with Gasteiger partial charge in [-0.3, -0.25) is 4.90 Å². The molecule has 1 aliphatic heterocycles. The van der Waals surface area contributed by atoms with E-state index in [-0.39, 0.29) is 0 Å². The summed E-state index contributed by atoms with van der Waals surface area (Å²) < 4.78 is 0. The first kappa shape index (κ1) is 14.3. The van der Waals surface area contributed by atoms with E-state index >= 15 is 0 Å². The summed E-state index contributed by atoms with van der Waals surface area (Å²) in [4.78, 5) is 5.07. The number of piperidine rings is 1. The molecule has 2 rings (SSSR count). The van der Waals surface area contributed by atoms with Crippen molar-refractivity contribution in [3.63, 3.8) is 0 Å². The van der Waals surface area contributed by atoms with E-state index < -0.39 is 0 Å². The highest BCUT2D eigenvalue weighted by atomic mass is 15.2. The van der Waals surface area contributed by atoms with Gasteiger partial charge >= 0.3 is 0 Å². The quantitative estimate of drug-likeness (QED) is 0.824. The number of likely N-dealkylation sites (N-methyl/N-ethyl adjacent to an activating group) is 1. The molecule has 0 bridgehead atoms. The van der Waals surface area contributed by atoms with Crippen molar-refractivity contribution in [3.05, 3.63) is 0 Å². The van der Waals surface area contributed by atoms with Crippen molar-refractivity contribution in [1.29, 1.82) is 0 Å².